The van der Waals surface area contributed by atoms with Crippen molar-refractivity contribution in [3.8, 4) is 92.7 Å². The van der Waals surface area contributed by atoms with E-state index < -0.39 is 40.7 Å². The predicted octanol–water partition coefficient (Wildman–Crippen LogP) is 15.2. The van der Waals surface area contributed by atoms with Gasteiger partial charge in [0.2, 0.25) is 29.5 Å². The van der Waals surface area contributed by atoms with Gasteiger partial charge in [-0.25, -0.2) is 25.3 Å². The first-order valence-electron chi connectivity index (χ1n) is 26.8. The first-order valence-corrected chi connectivity index (χ1v) is 31.3. The van der Waals surface area contributed by atoms with Crippen molar-refractivity contribution in [2.75, 3.05) is 0 Å². The van der Waals surface area contributed by atoms with E-state index >= 15 is 0 Å². The number of rotatable bonds is 18. The Hall–Kier alpha value is -10.1. The molecule has 0 atom stereocenters. The molecule has 0 aliphatic carbocycles. The molecule has 10 aromatic carbocycles. The summed E-state index contributed by atoms with van der Waals surface area (Å²) in [5.41, 5.74) is -0.905. The lowest BCUT2D eigenvalue weighted by atomic mass is 10.1. The Morgan fingerprint density at radius 1 is 0.287 bits per heavy atom. The van der Waals surface area contributed by atoms with Crippen LogP contribution in [-0.4, -0.2) is 46.7 Å². The number of benzene rings is 10. The van der Waals surface area contributed by atoms with Crippen molar-refractivity contribution in [1.82, 2.24) is 0 Å². The van der Waals surface area contributed by atoms with Gasteiger partial charge < -0.3 is 38.6 Å². The largest absolute Gasteiger partial charge is 0.457 e. The third kappa shape index (κ3) is 15.6. The zero-order valence-electron chi connectivity index (χ0n) is 47.1. The van der Waals surface area contributed by atoms with E-state index in [2.05, 4.69) is 23.7 Å². The van der Waals surface area contributed by atoms with Crippen LogP contribution in [0.15, 0.2) is 272 Å². The summed E-state index contributed by atoms with van der Waals surface area (Å²) in [6.45, 7) is 6.39. The summed E-state index contributed by atoms with van der Waals surface area (Å²) in [4.78, 5) is 0.191. The number of hydrogen-bond donors (Lipinski definition) is 2. The van der Waals surface area contributed by atoms with Crippen LogP contribution in [0.25, 0.3) is 0 Å². The van der Waals surface area contributed by atoms with Crippen LogP contribution >= 0.6 is 0 Å². The van der Waals surface area contributed by atoms with Crippen molar-refractivity contribution in [2.24, 2.45) is 0 Å². The Kier molecular flexibility index (Phi) is 17.4. The lowest BCUT2D eigenvalue weighted by Crippen LogP contribution is -2.14. The van der Waals surface area contributed by atoms with Gasteiger partial charge in [0.15, 0.2) is 0 Å². The van der Waals surface area contributed by atoms with Gasteiger partial charge in [0.05, 0.1) is 24.5 Å². The highest BCUT2D eigenvalue weighted by Crippen LogP contribution is 2.37. The van der Waals surface area contributed by atoms with Crippen LogP contribution in [0, 0.1) is 23.7 Å². The molecule has 436 valence electrons. The fraction of sp³-hybridized carbons (Fsp3) is 0.0857. The third-order valence-corrected chi connectivity index (χ3v) is 17.9. The van der Waals surface area contributed by atoms with Gasteiger partial charge in [0.1, 0.15) is 85.1 Å². The van der Waals surface area contributed by atoms with Gasteiger partial charge in [-0.15, -0.1) is 0 Å². The maximum Gasteiger partial charge on any atom is 0.210 e. The minimum atomic E-state index is -4.10. The molecule has 0 heterocycles. The molecule has 0 aliphatic rings. The molecule has 17 heteroatoms. The molecule has 0 aromatic heterocycles. The molecule has 0 aliphatic heterocycles. The summed E-state index contributed by atoms with van der Waals surface area (Å²) in [7, 11) is -11.9. The van der Waals surface area contributed by atoms with Crippen molar-refractivity contribution >= 4 is 29.5 Å². The quantitative estimate of drug-likeness (QED) is 0.0769. The molecule has 87 heavy (non-hydrogen) atoms. The van der Waals surface area contributed by atoms with Crippen molar-refractivity contribution in [3.63, 3.8) is 0 Å². The van der Waals surface area contributed by atoms with Gasteiger partial charge in [-0.1, -0.05) is 47.9 Å². The van der Waals surface area contributed by atoms with E-state index in [0.717, 1.165) is 0 Å². The molecule has 0 fully saturated rings. The molecule has 0 spiro atoms. The fourth-order valence-corrected chi connectivity index (χ4v) is 12.2. The second-order valence-electron chi connectivity index (χ2n) is 20.5. The SMILES string of the molecule is CC(C)(O)C#Cc1ccc(Oc2ccc(S(=O)(=O)c3ccc(Oc4ccc(Oc5ccccc5S(=O)(=O)c5ccc(Oc6cccc(Oc7ccc(S(=O)(=O)c8ccc(Oc9cccc(C#CC(C)(C)O)c9)cc8)cc7)c6)cc5)cc4)cc3)cc2)cc1. The number of ether oxygens (including phenoxy) is 6. The summed E-state index contributed by atoms with van der Waals surface area (Å²) in [5.74, 6) is 15.9. The zero-order valence-corrected chi connectivity index (χ0v) is 49.6. The minimum Gasteiger partial charge on any atom is -0.457 e. The maximum atomic E-state index is 14.1. The van der Waals surface area contributed by atoms with Gasteiger partial charge in [-0.3, -0.25) is 0 Å². The Morgan fingerprint density at radius 2 is 0.575 bits per heavy atom. The fourth-order valence-electron chi connectivity index (χ4n) is 8.27. The van der Waals surface area contributed by atoms with Gasteiger partial charge >= 0.3 is 0 Å². The highest BCUT2D eigenvalue weighted by Gasteiger charge is 2.24. The van der Waals surface area contributed by atoms with Crippen molar-refractivity contribution in [3.05, 3.63) is 254 Å². The molecule has 0 saturated carbocycles. The number of para-hydroxylation sites is 1. The van der Waals surface area contributed by atoms with E-state index in [9.17, 15) is 35.5 Å². The van der Waals surface area contributed by atoms with E-state index in [1.54, 1.807) is 191 Å². The summed E-state index contributed by atoms with van der Waals surface area (Å²) in [5, 5.41) is 19.8. The van der Waals surface area contributed by atoms with E-state index in [1.807, 2.05) is 0 Å². The standard InChI is InChI=1S/C70H54O14S3/c1-69(2,71)45-43-49-15-17-51(18-16-49)79-53-23-33-62(34-24-53)85(73,74)63-35-25-54(26-36-63)80-52-19-21-58(22-20-52)84-67-13-5-6-14-68(67)87(77,78)66-41-31-57(32-42-66)83-61-12-8-11-60(48-61)82-56-29-39-65(40-30-56)86(75,76)64-37-27-55(28-38-64)81-59-10-7-9-50(47-59)44-46-70(3,4)72/h5-42,47-48,71-72H,1-4H3. The zero-order chi connectivity index (χ0) is 61.4. The summed E-state index contributed by atoms with van der Waals surface area (Å²) in [6, 6.07) is 63.6. The summed E-state index contributed by atoms with van der Waals surface area (Å²) in [6.07, 6.45) is 0. The molecule has 10 rings (SSSR count). The van der Waals surface area contributed by atoms with E-state index in [0.29, 0.717) is 74.4 Å². The van der Waals surface area contributed by atoms with E-state index in [1.165, 1.54) is 78.9 Å². The lowest BCUT2D eigenvalue weighted by Gasteiger charge is -2.13. The van der Waals surface area contributed by atoms with Crippen LogP contribution in [0.3, 0.4) is 0 Å². The van der Waals surface area contributed by atoms with Gasteiger partial charge in [0.25, 0.3) is 0 Å². The number of aliphatic hydroxyl groups is 2. The number of hydrogen-bond acceptors (Lipinski definition) is 14. The van der Waals surface area contributed by atoms with E-state index in [-0.39, 0.29) is 35.1 Å². The second kappa shape index (κ2) is 25.2. The molecular weight excluding hydrogens is 1160 g/mol. The Morgan fingerprint density at radius 3 is 0.954 bits per heavy atom. The average molecular weight is 1220 g/mol. The third-order valence-electron chi connectivity index (χ3n) is 12.6. The highest BCUT2D eigenvalue weighted by molar-refractivity contribution is 7.92. The van der Waals surface area contributed by atoms with Crippen molar-refractivity contribution in [2.45, 2.75) is 68.3 Å². The molecule has 14 nitrogen and oxygen atoms in total. The Labute approximate surface area is 505 Å². The first kappa shape index (κ1) is 60.0. The molecule has 10 aromatic rings. The Bertz CT molecular complexity index is 4570. The molecule has 2 N–H and O–H groups in total. The van der Waals surface area contributed by atoms with E-state index in [4.69, 9.17) is 28.4 Å². The predicted molar refractivity (Wildman–Crippen MR) is 328 cm³/mol. The van der Waals surface area contributed by atoms with Gasteiger partial charge in [-0.2, -0.15) is 0 Å². The molecule has 0 bridgehead atoms. The molecular formula is C70H54O14S3. The molecule has 0 saturated heterocycles. The molecule has 0 radical (unpaired) electrons. The van der Waals surface area contributed by atoms with Gasteiger partial charge in [-0.05, 0) is 240 Å². The van der Waals surface area contributed by atoms with Crippen LogP contribution < -0.4 is 28.4 Å². The topological polar surface area (TPSA) is 198 Å². The van der Waals surface area contributed by atoms with Crippen molar-refractivity contribution < 1.29 is 63.9 Å². The first-order chi connectivity index (χ1) is 41.5. The summed E-state index contributed by atoms with van der Waals surface area (Å²) >= 11 is 0. The van der Waals surface area contributed by atoms with Crippen LogP contribution in [0.4, 0.5) is 0 Å². The van der Waals surface area contributed by atoms with Crippen LogP contribution in [0.2, 0.25) is 0 Å². The average Bonchev–Trinajstić information content (AvgIpc) is 3.37. The van der Waals surface area contributed by atoms with Crippen LogP contribution in [0.1, 0.15) is 38.8 Å². The van der Waals surface area contributed by atoms with Crippen LogP contribution in [-0.2, 0) is 29.5 Å². The lowest BCUT2D eigenvalue weighted by molar-refractivity contribution is 0.143. The number of sulfone groups is 3. The highest BCUT2D eigenvalue weighted by atomic mass is 32.2. The van der Waals surface area contributed by atoms with Crippen LogP contribution in [0.5, 0.6) is 69.0 Å². The smallest absolute Gasteiger partial charge is 0.210 e. The molecule has 0 unspecified atom stereocenters. The monoisotopic (exact) mass is 1210 g/mol. The normalized spacial score (nSPS) is 11.7. The second-order valence-corrected chi connectivity index (χ2v) is 26.4. The molecule has 0 amide bonds. The minimum absolute atomic E-state index is 0.00626. The Balaban J connectivity index is 0.713. The van der Waals surface area contributed by atoms with Crippen molar-refractivity contribution in [1.29, 1.82) is 0 Å². The maximum absolute atomic E-state index is 14.1. The van der Waals surface area contributed by atoms with Gasteiger partial charge in [0, 0.05) is 17.2 Å². The summed E-state index contributed by atoms with van der Waals surface area (Å²) < 4.78 is 118.